The van der Waals surface area contributed by atoms with Gasteiger partial charge in [0.25, 0.3) is 0 Å². The van der Waals surface area contributed by atoms with Crippen LogP contribution in [0.25, 0.3) is 11.1 Å². The van der Waals surface area contributed by atoms with Crippen molar-refractivity contribution >= 4 is 33.7 Å². The highest BCUT2D eigenvalue weighted by Crippen LogP contribution is 2.30. The molecule has 0 unspecified atom stereocenters. The molecule has 0 saturated carbocycles. The largest absolute Gasteiger partial charge is 0.483 e. The number of nitrogens with two attached hydrogens (primary N) is 1. The molecular formula is C16H11B2N5O3S. The van der Waals surface area contributed by atoms with Crippen LogP contribution in [0.5, 0.6) is 5.88 Å². The summed E-state index contributed by atoms with van der Waals surface area (Å²) in [5.41, 5.74) is 4.41. The highest BCUT2D eigenvalue weighted by molar-refractivity contribution is 7.71. The zero-order valence-corrected chi connectivity index (χ0v) is 14.9. The van der Waals surface area contributed by atoms with Crippen LogP contribution in [0, 0.1) is 27.3 Å². The first kappa shape index (κ1) is 20.0. The van der Waals surface area contributed by atoms with Crippen molar-refractivity contribution in [2.75, 3.05) is 5.73 Å². The second-order valence-electron chi connectivity index (χ2n) is 5.30. The Labute approximate surface area is 162 Å². The van der Waals surface area contributed by atoms with E-state index in [-0.39, 0.29) is 38.8 Å². The van der Waals surface area contributed by atoms with Gasteiger partial charge in [0.15, 0.2) is 15.7 Å². The van der Waals surface area contributed by atoms with Crippen LogP contribution in [-0.4, -0.2) is 36.4 Å². The van der Waals surface area contributed by atoms with E-state index in [1.54, 1.807) is 6.07 Å². The first-order chi connectivity index (χ1) is 12.7. The summed E-state index contributed by atoms with van der Waals surface area (Å²) in [6.45, 7) is 1.46. The molecule has 0 aliphatic rings. The van der Waals surface area contributed by atoms with Crippen LogP contribution in [-0.2, 0) is 4.74 Å². The molecule has 0 aromatic carbocycles. The van der Waals surface area contributed by atoms with Crippen LogP contribution >= 0.6 is 12.2 Å². The minimum atomic E-state index is -2.32. The fourth-order valence-electron chi connectivity index (χ4n) is 2.16. The van der Waals surface area contributed by atoms with Gasteiger partial charge in [0, 0.05) is 23.4 Å². The van der Waals surface area contributed by atoms with Crippen LogP contribution in [0.2, 0.25) is 0 Å². The van der Waals surface area contributed by atoms with E-state index in [2.05, 4.69) is 9.97 Å². The number of anilines is 1. The van der Waals surface area contributed by atoms with Crippen LogP contribution < -0.4 is 10.5 Å². The number of rotatable bonds is 5. The fourth-order valence-corrected chi connectivity index (χ4v) is 2.41. The number of aromatic amines is 1. The van der Waals surface area contributed by atoms with Gasteiger partial charge in [-0.2, -0.15) is 10.5 Å². The van der Waals surface area contributed by atoms with E-state index in [0.717, 1.165) is 6.26 Å². The molecule has 0 saturated heterocycles. The van der Waals surface area contributed by atoms with Crippen LogP contribution in [0.1, 0.15) is 18.1 Å². The molecule has 0 aliphatic carbocycles. The summed E-state index contributed by atoms with van der Waals surface area (Å²) in [5.74, 6) is 0.336. The molecule has 130 valence electrons. The molecule has 0 bridgehead atoms. The van der Waals surface area contributed by atoms with Gasteiger partial charge in [-0.25, -0.2) is 4.98 Å². The van der Waals surface area contributed by atoms with E-state index in [4.69, 9.17) is 48.2 Å². The molecule has 0 amide bonds. The highest BCUT2D eigenvalue weighted by atomic mass is 32.1. The standard InChI is InChI=1S/C16H11B2N5O3S/c1-8(26-16(17,18)24)7-25-12-3-2-9(6-22-12)13-10(4-19)14(21)23-15(27)11(13)5-20/h2-3,6-7,24H,1H3,(H3,21,23,27)/b8-7+. The minimum absolute atomic E-state index is 0.0589. The zero-order chi connectivity index (χ0) is 20.2. The summed E-state index contributed by atoms with van der Waals surface area (Å²) < 4.78 is 10.1. The lowest BCUT2D eigenvalue weighted by Gasteiger charge is -2.21. The molecule has 2 rings (SSSR count). The third kappa shape index (κ3) is 4.88. The number of hydrogen-bond acceptors (Lipinski definition) is 8. The summed E-state index contributed by atoms with van der Waals surface area (Å²) in [6, 6.07) is 7.00. The van der Waals surface area contributed by atoms with Crippen molar-refractivity contribution in [3.8, 4) is 29.1 Å². The van der Waals surface area contributed by atoms with Crippen LogP contribution in [0.4, 0.5) is 5.82 Å². The number of aromatic nitrogens is 2. The van der Waals surface area contributed by atoms with Crippen molar-refractivity contribution in [3.05, 3.63) is 46.1 Å². The van der Waals surface area contributed by atoms with E-state index in [1.165, 1.54) is 19.2 Å². The number of aliphatic hydroxyl groups is 1. The molecule has 8 nitrogen and oxygen atoms in total. The average Bonchev–Trinajstić information content (AvgIpc) is 2.58. The van der Waals surface area contributed by atoms with E-state index in [1.807, 2.05) is 12.1 Å². The number of nitriles is 2. The second kappa shape index (κ2) is 7.96. The number of allylic oxidation sites excluding steroid dienone is 1. The maximum absolute atomic E-state index is 9.37. The number of nitrogens with zero attached hydrogens (tertiary/aromatic N) is 3. The van der Waals surface area contributed by atoms with Gasteiger partial charge in [0.1, 0.15) is 45.8 Å². The Bertz CT molecular complexity index is 1030. The SMILES string of the molecule is [B]C([B])(O)O/C(C)=C/Oc1ccc(-c2c(C#N)c(N)[nH]c(=S)c2C#N)cn1. The zero-order valence-electron chi connectivity index (χ0n) is 14.1. The summed E-state index contributed by atoms with van der Waals surface area (Å²) in [5, 5.41) is 27.9. The van der Waals surface area contributed by atoms with Gasteiger partial charge >= 0.3 is 0 Å². The summed E-state index contributed by atoms with van der Waals surface area (Å²) in [7, 11) is 10.2. The predicted molar refractivity (Wildman–Crippen MR) is 101 cm³/mol. The second-order valence-corrected chi connectivity index (χ2v) is 5.71. The smallest absolute Gasteiger partial charge is 0.218 e. The number of hydrogen-bond donors (Lipinski definition) is 3. The van der Waals surface area contributed by atoms with Gasteiger partial charge in [0.05, 0.1) is 5.56 Å². The van der Waals surface area contributed by atoms with Crippen molar-refractivity contribution in [1.82, 2.24) is 9.97 Å². The Morgan fingerprint density at radius 1 is 1.37 bits per heavy atom. The van der Waals surface area contributed by atoms with Gasteiger partial charge in [-0.3, -0.25) is 0 Å². The molecule has 0 aliphatic heterocycles. The summed E-state index contributed by atoms with van der Waals surface area (Å²) in [4.78, 5) is 6.70. The summed E-state index contributed by atoms with van der Waals surface area (Å²) >= 11 is 5.10. The molecule has 0 atom stereocenters. The first-order valence-electron chi connectivity index (χ1n) is 7.31. The molecule has 27 heavy (non-hydrogen) atoms. The lowest BCUT2D eigenvalue weighted by atomic mass is 9.76. The Morgan fingerprint density at radius 2 is 2.04 bits per heavy atom. The van der Waals surface area contributed by atoms with E-state index in [0.29, 0.717) is 5.56 Å². The summed E-state index contributed by atoms with van der Waals surface area (Å²) in [6.07, 6.45) is 2.54. The molecule has 4 N–H and O–H groups in total. The van der Waals surface area contributed by atoms with Crippen molar-refractivity contribution < 1.29 is 14.6 Å². The molecule has 2 aromatic rings. The van der Waals surface area contributed by atoms with Crippen molar-refractivity contribution in [2.45, 2.75) is 12.5 Å². The lowest BCUT2D eigenvalue weighted by Crippen LogP contribution is -2.32. The van der Waals surface area contributed by atoms with Gasteiger partial charge in [0.2, 0.25) is 5.88 Å². The van der Waals surface area contributed by atoms with Gasteiger partial charge in [-0.1, -0.05) is 12.2 Å². The van der Waals surface area contributed by atoms with Crippen molar-refractivity contribution in [1.29, 1.82) is 10.5 Å². The lowest BCUT2D eigenvalue weighted by molar-refractivity contribution is -0.0395. The fraction of sp³-hybridized carbons (Fsp3) is 0.125. The number of nitrogen functional groups attached to an aromatic ring is 1. The number of nitrogens with one attached hydrogen (secondary N) is 1. The van der Waals surface area contributed by atoms with E-state index >= 15 is 0 Å². The number of ether oxygens (including phenoxy) is 2. The molecule has 4 radical (unpaired) electrons. The maximum Gasteiger partial charge on any atom is 0.218 e. The normalized spacial score (nSPS) is 11.3. The third-order valence-electron chi connectivity index (χ3n) is 3.16. The molecule has 2 heterocycles. The molecule has 2 aromatic heterocycles. The van der Waals surface area contributed by atoms with E-state index < -0.39 is 5.59 Å². The first-order valence-corrected chi connectivity index (χ1v) is 7.72. The molecule has 11 heteroatoms. The third-order valence-corrected chi connectivity index (χ3v) is 3.47. The molecule has 0 spiro atoms. The number of pyridine rings is 2. The Balaban J connectivity index is 2.37. The van der Waals surface area contributed by atoms with Crippen LogP contribution in [0.3, 0.4) is 0 Å². The Kier molecular flexibility index (Phi) is 5.91. The van der Waals surface area contributed by atoms with Gasteiger partial charge in [-0.05, 0) is 13.0 Å². The van der Waals surface area contributed by atoms with Crippen molar-refractivity contribution in [2.24, 2.45) is 0 Å². The topological polar surface area (TPSA) is 141 Å². The average molecular weight is 375 g/mol. The quantitative estimate of drug-likeness (QED) is 0.308. The number of H-pyrrole nitrogens is 1. The molecule has 0 fully saturated rings. The predicted octanol–water partition coefficient (Wildman–Crippen LogP) is 1.33. The monoisotopic (exact) mass is 375 g/mol. The molecular weight excluding hydrogens is 364 g/mol. The van der Waals surface area contributed by atoms with Gasteiger partial charge < -0.3 is 25.3 Å². The minimum Gasteiger partial charge on any atom is -0.483 e. The van der Waals surface area contributed by atoms with Gasteiger partial charge in [-0.15, -0.1) is 0 Å². The Hall–Kier alpha value is -3.27. The van der Waals surface area contributed by atoms with Crippen LogP contribution in [0.15, 0.2) is 30.4 Å². The maximum atomic E-state index is 9.37. The van der Waals surface area contributed by atoms with E-state index in [9.17, 15) is 10.5 Å². The van der Waals surface area contributed by atoms with Crippen molar-refractivity contribution in [3.63, 3.8) is 0 Å². The Morgan fingerprint density at radius 3 is 2.56 bits per heavy atom. The highest BCUT2D eigenvalue weighted by Gasteiger charge is 2.17.